The molecule has 1 aliphatic rings. The number of aliphatic imine (C=N–C) groups is 1. The highest BCUT2D eigenvalue weighted by Crippen LogP contribution is 2.31. The van der Waals surface area contributed by atoms with E-state index in [0.717, 1.165) is 12.0 Å². The molecule has 1 atom stereocenters. The Morgan fingerprint density at radius 1 is 1.41 bits per heavy atom. The first-order valence-electron chi connectivity index (χ1n) is 9.27. The fourth-order valence-electron chi connectivity index (χ4n) is 2.99. The summed E-state index contributed by atoms with van der Waals surface area (Å²) in [6.45, 7) is 4.60. The Hall–Kier alpha value is -1.93. The molecule has 6 nitrogen and oxygen atoms in total. The first-order valence-corrected chi connectivity index (χ1v) is 9.27. The Kier molecular flexibility index (Phi) is 8.74. The maximum absolute atomic E-state index is 12.3. The minimum Gasteiger partial charge on any atom is -0.488 e. The lowest BCUT2D eigenvalue weighted by atomic mass is 9.84. The van der Waals surface area contributed by atoms with Crippen molar-refractivity contribution in [3.63, 3.8) is 0 Å². The molecule has 0 aromatic heterocycles. The van der Waals surface area contributed by atoms with Crippen molar-refractivity contribution < 1.29 is 23.4 Å². The zero-order valence-electron chi connectivity index (χ0n) is 15.7. The highest BCUT2D eigenvalue weighted by molar-refractivity contribution is 5.79. The molecule has 0 aliphatic carbocycles. The van der Waals surface area contributed by atoms with Crippen LogP contribution in [0.2, 0.25) is 0 Å². The van der Waals surface area contributed by atoms with E-state index in [1.165, 1.54) is 0 Å². The molecular weight excluding hydrogens is 356 g/mol. The Morgan fingerprint density at radius 3 is 2.93 bits per heavy atom. The summed E-state index contributed by atoms with van der Waals surface area (Å²) in [6.07, 6.45) is -0.908. The van der Waals surface area contributed by atoms with Crippen LogP contribution in [0, 0.1) is 5.41 Å². The second-order valence-corrected chi connectivity index (χ2v) is 6.67. The SMILES string of the molecule is CCNC(=NCc1cccc(OCC(F)F)c1)NCC1(CCO)CCOC1. The zero-order chi connectivity index (χ0) is 19.5. The number of halogens is 2. The van der Waals surface area contributed by atoms with Crippen molar-refractivity contribution in [3.05, 3.63) is 29.8 Å². The predicted molar refractivity (Wildman–Crippen MR) is 100 cm³/mol. The summed E-state index contributed by atoms with van der Waals surface area (Å²) in [7, 11) is 0. The number of nitrogens with one attached hydrogen (secondary N) is 2. The van der Waals surface area contributed by atoms with E-state index in [1.54, 1.807) is 18.2 Å². The van der Waals surface area contributed by atoms with Crippen LogP contribution in [0.25, 0.3) is 0 Å². The highest BCUT2D eigenvalue weighted by Gasteiger charge is 2.34. The highest BCUT2D eigenvalue weighted by atomic mass is 19.3. The number of nitrogens with zero attached hydrogens (tertiary/aromatic N) is 1. The van der Waals surface area contributed by atoms with Gasteiger partial charge in [-0.05, 0) is 37.5 Å². The van der Waals surface area contributed by atoms with Gasteiger partial charge in [0.25, 0.3) is 6.43 Å². The molecule has 0 radical (unpaired) electrons. The summed E-state index contributed by atoms with van der Waals surface area (Å²) in [5, 5.41) is 15.9. The summed E-state index contributed by atoms with van der Waals surface area (Å²) in [5.74, 6) is 1.08. The van der Waals surface area contributed by atoms with Crippen molar-refractivity contribution in [2.75, 3.05) is 39.5 Å². The van der Waals surface area contributed by atoms with E-state index in [4.69, 9.17) is 9.47 Å². The first-order chi connectivity index (χ1) is 13.1. The second kappa shape index (κ2) is 11.0. The van der Waals surface area contributed by atoms with Crippen molar-refractivity contribution in [2.45, 2.75) is 32.7 Å². The summed E-state index contributed by atoms with van der Waals surface area (Å²) < 4.78 is 35.1. The smallest absolute Gasteiger partial charge is 0.272 e. The molecule has 3 N–H and O–H groups in total. The number of benzene rings is 1. The molecule has 1 aromatic rings. The van der Waals surface area contributed by atoms with Gasteiger partial charge in [-0.2, -0.15) is 0 Å². The average molecular weight is 385 g/mol. The Labute approximate surface area is 159 Å². The molecule has 1 aromatic carbocycles. The lowest BCUT2D eigenvalue weighted by molar-refractivity contribution is 0.0818. The van der Waals surface area contributed by atoms with Gasteiger partial charge in [0.2, 0.25) is 0 Å². The molecule has 1 saturated heterocycles. The number of guanidine groups is 1. The van der Waals surface area contributed by atoms with Crippen molar-refractivity contribution in [1.82, 2.24) is 10.6 Å². The molecule has 152 valence electrons. The van der Waals surface area contributed by atoms with Gasteiger partial charge in [0.1, 0.15) is 12.4 Å². The van der Waals surface area contributed by atoms with Crippen LogP contribution in [0.15, 0.2) is 29.3 Å². The molecular formula is C19H29F2N3O3. The van der Waals surface area contributed by atoms with Gasteiger partial charge in [0.15, 0.2) is 5.96 Å². The summed E-state index contributed by atoms with van der Waals surface area (Å²) >= 11 is 0. The number of hydrogen-bond donors (Lipinski definition) is 3. The van der Waals surface area contributed by atoms with Crippen LogP contribution in [-0.2, 0) is 11.3 Å². The number of ether oxygens (including phenoxy) is 2. The second-order valence-electron chi connectivity index (χ2n) is 6.67. The molecule has 2 rings (SSSR count). The van der Waals surface area contributed by atoms with Gasteiger partial charge in [-0.15, -0.1) is 0 Å². The minimum atomic E-state index is -2.50. The first kappa shape index (κ1) is 21.4. The van der Waals surface area contributed by atoms with Crippen molar-refractivity contribution in [3.8, 4) is 5.75 Å². The Bertz CT molecular complexity index is 593. The van der Waals surface area contributed by atoms with E-state index in [0.29, 0.717) is 51.0 Å². The van der Waals surface area contributed by atoms with Crippen LogP contribution >= 0.6 is 0 Å². The van der Waals surface area contributed by atoms with Gasteiger partial charge in [0, 0.05) is 31.7 Å². The minimum absolute atomic E-state index is 0.0754. The third kappa shape index (κ3) is 7.30. The van der Waals surface area contributed by atoms with E-state index in [1.807, 2.05) is 13.0 Å². The number of hydrogen-bond acceptors (Lipinski definition) is 4. The van der Waals surface area contributed by atoms with Gasteiger partial charge >= 0.3 is 0 Å². The van der Waals surface area contributed by atoms with E-state index in [2.05, 4.69) is 15.6 Å². The lowest BCUT2D eigenvalue weighted by Gasteiger charge is -2.27. The number of rotatable bonds is 10. The van der Waals surface area contributed by atoms with Gasteiger partial charge in [-0.25, -0.2) is 13.8 Å². The number of alkyl halides is 2. The van der Waals surface area contributed by atoms with Gasteiger partial charge in [0.05, 0.1) is 13.2 Å². The lowest BCUT2D eigenvalue weighted by Crippen LogP contribution is -2.44. The average Bonchev–Trinajstić information content (AvgIpc) is 3.12. The van der Waals surface area contributed by atoms with Gasteiger partial charge < -0.3 is 25.2 Å². The topological polar surface area (TPSA) is 75.1 Å². The van der Waals surface area contributed by atoms with E-state index in [-0.39, 0.29) is 12.0 Å². The molecule has 8 heteroatoms. The summed E-state index contributed by atoms with van der Waals surface area (Å²) in [4.78, 5) is 4.56. The van der Waals surface area contributed by atoms with Crippen LogP contribution in [0.4, 0.5) is 8.78 Å². The zero-order valence-corrected chi connectivity index (χ0v) is 15.7. The van der Waals surface area contributed by atoms with Gasteiger partial charge in [-0.3, -0.25) is 0 Å². The number of aliphatic hydroxyl groups is 1. The molecule has 0 saturated carbocycles. The molecule has 27 heavy (non-hydrogen) atoms. The Balaban J connectivity index is 1.95. The Morgan fingerprint density at radius 2 is 2.26 bits per heavy atom. The predicted octanol–water partition coefficient (Wildman–Crippen LogP) is 2.17. The standard InChI is InChI=1S/C19H29F2N3O3/c1-2-22-18(24-13-19(6-8-25)7-9-26-14-19)23-11-15-4-3-5-16(10-15)27-12-17(20)21/h3-5,10,17,25H,2,6-9,11-14H2,1H3,(H2,22,23,24). The largest absolute Gasteiger partial charge is 0.488 e. The molecule has 1 unspecified atom stereocenters. The monoisotopic (exact) mass is 385 g/mol. The van der Waals surface area contributed by atoms with E-state index < -0.39 is 13.0 Å². The van der Waals surface area contributed by atoms with Crippen LogP contribution in [-0.4, -0.2) is 57.0 Å². The van der Waals surface area contributed by atoms with Gasteiger partial charge in [-0.1, -0.05) is 12.1 Å². The van der Waals surface area contributed by atoms with Crippen LogP contribution in [0.3, 0.4) is 0 Å². The van der Waals surface area contributed by atoms with Crippen LogP contribution in [0.5, 0.6) is 5.75 Å². The summed E-state index contributed by atoms with van der Waals surface area (Å²) in [5.41, 5.74) is 0.793. The third-order valence-electron chi connectivity index (χ3n) is 4.50. The number of aliphatic hydroxyl groups excluding tert-OH is 1. The van der Waals surface area contributed by atoms with Crippen LogP contribution in [0.1, 0.15) is 25.3 Å². The molecule has 1 aliphatic heterocycles. The fourth-order valence-corrected chi connectivity index (χ4v) is 2.99. The third-order valence-corrected chi connectivity index (χ3v) is 4.50. The van der Waals surface area contributed by atoms with E-state index in [9.17, 15) is 13.9 Å². The quantitative estimate of drug-likeness (QED) is 0.425. The molecule has 1 heterocycles. The van der Waals surface area contributed by atoms with Crippen molar-refractivity contribution >= 4 is 5.96 Å². The normalized spacial score (nSPS) is 20.1. The summed E-state index contributed by atoms with van der Waals surface area (Å²) in [6, 6.07) is 7.00. The molecule has 0 spiro atoms. The maximum atomic E-state index is 12.3. The molecule has 0 amide bonds. The van der Waals surface area contributed by atoms with Crippen molar-refractivity contribution in [1.29, 1.82) is 0 Å². The van der Waals surface area contributed by atoms with Crippen LogP contribution < -0.4 is 15.4 Å². The molecule has 1 fully saturated rings. The fraction of sp³-hybridized carbons (Fsp3) is 0.632. The van der Waals surface area contributed by atoms with E-state index >= 15 is 0 Å². The maximum Gasteiger partial charge on any atom is 0.272 e. The molecule has 0 bridgehead atoms. The van der Waals surface area contributed by atoms with Crippen molar-refractivity contribution in [2.24, 2.45) is 10.4 Å².